The van der Waals surface area contributed by atoms with Crippen molar-refractivity contribution in [2.45, 2.75) is 25.7 Å². The van der Waals surface area contributed by atoms with Crippen molar-refractivity contribution in [2.24, 2.45) is 0 Å². The third-order valence-electron chi connectivity index (χ3n) is 5.73. The Balaban J connectivity index is 0.000000405. The lowest BCUT2D eigenvalue weighted by Gasteiger charge is -2.31. The van der Waals surface area contributed by atoms with Gasteiger partial charge in [0.25, 0.3) is 0 Å². The lowest BCUT2D eigenvalue weighted by atomic mass is 10.1. The zero-order valence-electron chi connectivity index (χ0n) is 20.1. The van der Waals surface area contributed by atoms with E-state index in [1.54, 1.807) is 7.11 Å². The van der Waals surface area contributed by atoms with Gasteiger partial charge in [-0.2, -0.15) is 13.2 Å². The topological polar surface area (TPSA) is 102 Å². The third-order valence-corrected chi connectivity index (χ3v) is 5.73. The number of fused-ring (bicyclic) bond motifs is 1. The van der Waals surface area contributed by atoms with Crippen molar-refractivity contribution in [1.82, 2.24) is 19.4 Å². The van der Waals surface area contributed by atoms with Gasteiger partial charge in [-0.1, -0.05) is 23.4 Å². The molecule has 1 fully saturated rings. The van der Waals surface area contributed by atoms with Gasteiger partial charge in [0.1, 0.15) is 23.9 Å². The first kappa shape index (κ1) is 26.2. The molecule has 12 heteroatoms. The molecule has 1 aliphatic rings. The number of aliphatic carboxylic acids is 1. The summed E-state index contributed by atoms with van der Waals surface area (Å²) in [6.07, 6.45) is -3.29. The highest BCUT2D eigenvalue weighted by molar-refractivity contribution is 5.73. The van der Waals surface area contributed by atoms with Gasteiger partial charge in [-0.3, -0.25) is 9.30 Å². The minimum absolute atomic E-state index is 0.0858. The van der Waals surface area contributed by atoms with E-state index < -0.39 is 12.1 Å². The molecule has 1 unspecified atom stereocenters. The molecule has 0 spiro atoms. The maximum Gasteiger partial charge on any atom is 0.490 e. The van der Waals surface area contributed by atoms with E-state index in [1.165, 1.54) is 0 Å². The molecular weight excluding hydrogens is 493 g/mol. The second-order valence-electron chi connectivity index (χ2n) is 8.35. The fourth-order valence-electron chi connectivity index (χ4n) is 4.04. The van der Waals surface area contributed by atoms with Crippen LogP contribution in [0.5, 0.6) is 5.75 Å². The molecule has 37 heavy (non-hydrogen) atoms. The Morgan fingerprint density at radius 3 is 2.65 bits per heavy atom. The summed E-state index contributed by atoms with van der Waals surface area (Å²) in [7, 11) is 1.68. The average Bonchev–Trinajstić information content (AvgIpc) is 3.50. The van der Waals surface area contributed by atoms with Gasteiger partial charge in [0.05, 0.1) is 36.3 Å². The smallest absolute Gasteiger partial charge is 0.490 e. The van der Waals surface area contributed by atoms with E-state index in [0.29, 0.717) is 6.61 Å². The van der Waals surface area contributed by atoms with Gasteiger partial charge in [0.15, 0.2) is 0 Å². The summed E-state index contributed by atoms with van der Waals surface area (Å²) in [4.78, 5) is 16.0. The molecule has 0 aliphatic carbocycles. The molecule has 3 aromatic heterocycles. The number of aromatic nitrogens is 3. The van der Waals surface area contributed by atoms with Crippen molar-refractivity contribution >= 4 is 11.5 Å². The maximum atomic E-state index is 10.6. The summed E-state index contributed by atoms with van der Waals surface area (Å²) in [6, 6.07) is 16.3. The van der Waals surface area contributed by atoms with Gasteiger partial charge in [-0.15, -0.1) is 0 Å². The monoisotopic (exact) mass is 518 g/mol. The summed E-state index contributed by atoms with van der Waals surface area (Å²) in [6.45, 7) is 4.95. The van der Waals surface area contributed by atoms with E-state index >= 15 is 0 Å². The molecule has 0 radical (unpaired) electrons. The Hall–Kier alpha value is -3.90. The molecule has 0 saturated carbocycles. The molecule has 5 rings (SSSR count). The van der Waals surface area contributed by atoms with Crippen molar-refractivity contribution in [3.05, 3.63) is 72.0 Å². The Morgan fingerprint density at radius 2 is 1.97 bits per heavy atom. The van der Waals surface area contributed by atoms with E-state index in [9.17, 15) is 13.2 Å². The third kappa shape index (κ3) is 6.27. The fraction of sp³-hybridized carbons (Fsp3) is 0.320. The quantitative estimate of drug-likeness (QED) is 0.412. The van der Waals surface area contributed by atoms with Crippen LogP contribution in [0.2, 0.25) is 0 Å². The predicted molar refractivity (Wildman–Crippen MR) is 126 cm³/mol. The SMILES string of the molecule is COc1cccc(-c2cccc3c(C4CN(Cc5cc(C)on5)CCO4)ncn23)c1.O=C(O)C(F)(F)F. The molecule has 1 saturated heterocycles. The molecule has 4 aromatic rings. The summed E-state index contributed by atoms with van der Waals surface area (Å²) < 4.78 is 50.5. The zero-order valence-corrected chi connectivity index (χ0v) is 20.1. The number of halogens is 3. The van der Waals surface area contributed by atoms with Gasteiger partial charge in [0, 0.05) is 31.3 Å². The number of hydrogen-bond acceptors (Lipinski definition) is 7. The lowest BCUT2D eigenvalue weighted by Crippen LogP contribution is -2.38. The van der Waals surface area contributed by atoms with Crippen LogP contribution in [0.1, 0.15) is 23.3 Å². The van der Waals surface area contributed by atoms with E-state index in [-0.39, 0.29) is 6.10 Å². The number of carboxylic acids is 1. The average molecular weight is 518 g/mol. The second-order valence-corrected chi connectivity index (χ2v) is 8.35. The molecule has 0 amide bonds. The first-order chi connectivity index (χ1) is 17.7. The fourth-order valence-corrected chi connectivity index (χ4v) is 4.04. The van der Waals surface area contributed by atoms with Crippen LogP contribution in [0.15, 0.2) is 59.4 Å². The largest absolute Gasteiger partial charge is 0.497 e. The van der Waals surface area contributed by atoms with E-state index in [2.05, 4.69) is 38.7 Å². The van der Waals surface area contributed by atoms with Crippen LogP contribution < -0.4 is 4.74 Å². The van der Waals surface area contributed by atoms with Crippen LogP contribution in [0.3, 0.4) is 0 Å². The number of aryl methyl sites for hydroxylation is 1. The van der Waals surface area contributed by atoms with Gasteiger partial charge < -0.3 is 19.1 Å². The summed E-state index contributed by atoms with van der Waals surface area (Å²) >= 11 is 0. The Labute approximate surface area is 210 Å². The van der Waals surface area contributed by atoms with Crippen molar-refractivity contribution < 1.29 is 37.1 Å². The van der Waals surface area contributed by atoms with Crippen LogP contribution in [0, 0.1) is 6.92 Å². The van der Waals surface area contributed by atoms with Crippen LogP contribution in [0.4, 0.5) is 13.2 Å². The Morgan fingerprint density at radius 1 is 1.22 bits per heavy atom. The second kappa shape index (κ2) is 11.0. The number of ether oxygens (including phenoxy) is 2. The summed E-state index contributed by atoms with van der Waals surface area (Å²) in [5.74, 6) is -1.09. The molecule has 4 heterocycles. The maximum absolute atomic E-state index is 10.6. The molecule has 0 bridgehead atoms. The number of carboxylic acid groups (broad SMARTS) is 1. The van der Waals surface area contributed by atoms with Gasteiger partial charge in [-0.25, -0.2) is 9.78 Å². The van der Waals surface area contributed by atoms with Crippen molar-refractivity contribution in [1.29, 1.82) is 0 Å². The number of alkyl halides is 3. The number of benzene rings is 1. The van der Waals surface area contributed by atoms with Crippen molar-refractivity contribution in [2.75, 3.05) is 26.8 Å². The number of rotatable bonds is 5. The number of hydrogen-bond donors (Lipinski definition) is 1. The van der Waals surface area contributed by atoms with Crippen molar-refractivity contribution in [3.63, 3.8) is 0 Å². The Bertz CT molecular complexity index is 1370. The number of imidazole rings is 1. The molecule has 1 aromatic carbocycles. The number of carbonyl (C=O) groups is 1. The lowest BCUT2D eigenvalue weighted by molar-refractivity contribution is -0.192. The highest BCUT2D eigenvalue weighted by Crippen LogP contribution is 2.30. The first-order valence-corrected chi connectivity index (χ1v) is 11.3. The number of nitrogens with zero attached hydrogens (tertiary/aromatic N) is 4. The number of pyridine rings is 1. The first-order valence-electron chi connectivity index (χ1n) is 11.3. The highest BCUT2D eigenvalue weighted by Gasteiger charge is 2.38. The van der Waals surface area contributed by atoms with Crippen LogP contribution >= 0.6 is 0 Å². The number of methoxy groups -OCH3 is 1. The van der Waals surface area contributed by atoms with Crippen molar-refractivity contribution in [3.8, 4) is 17.0 Å². The summed E-state index contributed by atoms with van der Waals surface area (Å²) in [5, 5.41) is 11.2. The van der Waals surface area contributed by atoms with Crippen LogP contribution in [-0.2, 0) is 16.1 Å². The van der Waals surface area contributed by atoms with Gasteiger partial charge in [-0.05, 0) is 31.2 Å². The van der Waals surface area contributed by atoms with Gasteiger partial charge in [0.2, 0.25) is 0 Å². The molecule has 1 aliphatic heterocycles. The van der Waals surface area contributed by atoms with Gasteiger partial charge >= 0.3 is 12.1 Å². The molecule has 9 nitrogen and oxygen atoms in total. The predicted octanol–water partition coefficient (Wildman–Crippen LogP) is 4.51. The molecule has 196 valence electrons. The van der Waals surface area contributed by atoms with Crippen LogP contribution in [-0.4, -0.2) is 63.5 Å². The normalized spacial score (nSPS) is 16.3. The number of morpholine rings is 1. The van der Waals surface area contributed by atoms with E-state index in [4.69, 9.17) is 28.9 Å². The highest BCUT2D eigenvalue weighted by atomic mass is 19.4. The van der Waals surface area contributed by atoms with Crippen LogP contribution in [0.25, 0.3) is 16.8 Å². The minimum Gasteiger partial charge on any atom is -0.497 e. The molecular formula is C25H25F3N4O5. The van der Waals surface area contributed by atoms with E-state index in [1.807, 2.05) is 37.5 Å². The Kier molecular flexibility index (Phi) is 7.79. The molecule has 1 atom stereocenters. The zero-order chi connectivity index (χ0) is 26.6. The van der Waals surface area contributed by atoms with E-state index in [0.717, 1.165) is 59.3 Å². The molecule has 1 N–H and O–H groups in total. The standard InChI is InChI=1S/C23H24N4O3.C2HF3O2/c1-16-11-18(25-30-16)13-26-9-10-29-22(14-26)23-21-8-4-7-20(27(21)15-24-23)17-5-3-6-19(12-17)28-2;3-2(4,5)1(6)7/h3-8,11-12,15,22H,9-10,13-14H2,1-2H3;(H,6,7). The summed E-state index contributed by atoms with van der Waals surface area (Å²) in [5.41, 5.74) is 5.11. The minimum atomic E-state index is -5.08.